The molecule has 1 spiro atoms. The van der Waals surface area contributed by atoms with Crippen LogP contribution in [0, 0.1) is 11.3 Å². The van der Waals surface area contributed by atoms with Crippen LogP contribution in [0.25, 0.3) is 0 Å². The van der Waals surface area contributed by atoms with E-state index in [4.69, 9.17) is 23.7 Å². The Morgan fingerprint density at radius 2 is 1.91 bits per heavy atom. The summed E-state index contributed by atoms with van der Waals surface area (Å²) in [5, 5.41) is 12.2. The smallest absolute Gasteiger partial charge is 0.342 e. The molecule has 10 atom stereocenters. The van der Waals surface area contributed by atoms with Gasteiger partial charge in [-0.05, 0) is 46.1 Å². The fraction of sp³-hybridized carbons (Fsp3) is 0.808. The number of hydrogen-bond donors (Lipinski definition) is 1. The second-order valence-corrected chi connectivity index (χ2v) is 11.4. The molecule has 2 aliphatic carbocycles. The minimum Gasteiger partial charge on any atom is -0.462 e. The number of esters is 3. The number of rotatable bonds is 4. The quantitative estimate of drug-likeness (QED) is 0.272. The number of epoxide rings is 2. The second-order valence-electron chi connectivity index (χ2n) is 11.4. The summed E-state index contributed by atoms with van der Waals surface area (Å²) in [6.07, 6.45) is 0.657. The van der Waals surface area contributed by atoms with E-state index in [1.54, 1.807) is 6.92 Å². The summed E-state index contributed by atoms with van der Waals surface area (Å²) in [5.41, 5.74) is -3.44. The van der Waals surface area contributed by atoms with E-state index >= 15 is 0 Å². The molecule has 1 N–H and O–H groups in total. The van der Waals surface area contributed by atoms with Crippen molar-refractivity contribution in [3.63, 3.8) is 0 Å². The molecule has 0 aromatic heterocycles. The molecule has 35 heavy (non-hydrogen) atoms. The highest BCUT2D eigenvalue weighted by atomic mass is 16.7. The average molecular weight is 493 g/mol. The van der Waals surface area contributed by atoms with Crippen molar-refractivity contribution in [1.82, 2.24) is 0 Å². The van der Waals surface area contributed by atoms with Crippen LogP contribution in [0.2, 0.25) is 0 Å². The maximum atomic E-state index is 12.8. The molecule has 194 valence electrons. The summed E-state index contributed by atoms with van der Waals surface area (Å²) >= 11 is 0. The monoisotopic (exact) mass is 492 g/mol. The largest absolute Gasteiger partial charge is 0.462 e. The molecule has 5 aliphatic rings. The zero-order valence-electron chi connectivity index (χ0n) is 21.3. The molecule has 4 fully saturated rings. The topological polar surface area (TPSA) is 124 Å². The molecule has 3 aliphatic heterocycles. The van der Waals surface area contributed by atoms with Crippen molar-refractivity contribution < 1.29 is 43.2 Å². The molecule has 1 saturated carbocycles. The van der Waals surface area contributed by atoms with Crippen LogP contribution in [0.4, 0.5) is 0 Å². The zero-order valence-corrected chi connectivity index (χ0v) is 21.3. The molecule has 0 radical (unpaired) electrons. The lowest BCUT2D eigenvalue weighted by molar-refractivity contribution is -0.206. The molecular weight excluding hydrogens is 456 g/mol. The Hall–Kier alpha value is -1.97. The lowest BCUT2D eigenvalue weighted by atomic mass is 9.54. The van der Waals surface area contributed by atoms with E-state index in [0.717, 1.165) is 5.57 Å². The molecule has 0 amide bonds. The highest BCUT2D eigenvalue weighted by Gasteiger charge is 2.88. The van der Waals surface area contributed by atoms with E-state index in [2.05, 4.69) is 0 Å². The van der Waals surface area contributed by atoms with Gasteiger partial charge in [0.05, 0.1) is 17.8 Å². The number of fused-ring (bicyclic) bond motifs is 3. The molecule has 3 saturated heterocycles. The summed E-state index contributed by atoms with van der Waals surface area (Å²) < 4.78 is 29.9. The van der Waals surface area contributed by atoms with Crippen LogP contribution >= 0.6 is 0 Å². The van der Waals surface area contributed by atoms with Crippen molar-refractivity contribution in [2.45, 2.75) is 121 Å². The summed E-state index contributed by atoms with van der Waals surface area (Å²) in [7, 11) is 0. The first-order valence-corrected chi connectivity index (χ1v) is 12.7. The zero-order chi connectivity index (χ0) is 25.6. The molecule has 0 aromatic carbocycles. The summed E-state index contributed by atoms with van der Waals surface area (Å²) in [6, 6.07) is 0. The van der Waals surface area contributed by atoms with Gasteiger partial charge in [0.2, 0.25) is 0 Å². The van der Waals surface area contributed by atoms with Crippen molar-refractivity contribution in [1.29, 1.82) is 0 Å². The molecule has 9 nitrogen and oxygen atoms in total. The van der Waals surface area contributed by atoms with Gasteiger partial charge in [0, 0.05) is 31.1 Å². The van der Waals surface area contributed by atoms with E-state index in [1.807, 2.05) is 33.8 Å². The number of carbonyl (C=O) groups is 3. The lowest BCUT2D eigenvalue weighted by Gasteiger charge is -2.53. The SMILES string of the molecule is CCCC(=O)O[C@H]1CC/C(C)=C\[C@H]2OC(=O)[C@]3(C)O[C@]23[C@@H](O)[C@H]2[C@@]3(C)O[C@H]3C[C@H](OC(C)=O)[C@]12C. The Labute approximate surface area is 205 Å². The van der Waals surface area contributed by atoms with Crippen LogP contribution in [-0.4, -0.2) is 70.3 Å². The molecule has 5 rings (SSSR count). The highest BCUT2D eigenvalue weighted by molar-refractivity contribution is 5.89. The summed E-state index contributed by atoms with van der Waals surface area (Å²) in [4.78, 5) is 37.7. The van der Waals surface area contributed by atoms with Crippen molar-refractivity contribution in [2.24, 2.45) is 11.3 Å². The predicted molar refractivity (Wildman–Crippen MR) is 121 cm³/mol. The summed E-state index contributed by atoms with van der Waals surface area (Å²) in [5.74, 6) is -1.96. The van der Waals surface area contributed by atoms with Crippen LogP contribution in [0.1, 0.15) is 73.6 Å². The maximum absolute atomic E-state index is 12.8. The van der Waals surface area contributed by atoms with Crippen LogP contribution < -0.4 is 0 Å². The van der Waals surface area contributed by atoms with Gasteiger partial charge in [0.15, 0.2) is 17.3 Å². The third kappa shape index (κ3) is 3.27. The van der Waals surface area contributed by atoms with Crippen molar-refractivity contribution in [3.8, 4) is 0 Å². The number of carbonyl (C=O) groups excluding carboxylic acids is 3. The Morgan fingerprint density at radius 3 is 2.54 bits per heavy atom. The van der Waals surface area contributed by atoms with Crippen LogP contribution in [0.5, 0.6) is 0 Å². The average Bonchev–Trinajstić information content (AvgIpc) is 3.60. The van der Waals surface area contributed by atoms with Gasteiger partial charge < -0.3 is 28.8 Å². The van der Waals surface area contributed by atoms with Gasteiger partial charge in [-0.15, -0.1) is 0 Å². The third-order valence-corrected chi connectivity index (χ3v) is 9.23. The van der Waals surface area contributed by atoms with E-state index in [0.29, 0.717) is 25.7 Å². The van der Waals surface area contributed by atoms with Gasteiger partial charge in [-0.3, -0.25) is 9.59 Å². The minimum absolute atomic E-state index is 0.246. The van der Waals surface area contributed by atoms with Gasteiger partial charge in [-0.25, -0.2) is 4.79 Å². The second kappa shape index (κ2) is 7.76. The van der Waals surface area contributed by atoms with Crippen LogP contribution in [0.15, 0.2) is 11.6 Å². The lowest BCUT2D eigenvalue weighted by Crippen LogP contribution is -2.65. The Balaban J connectivity index is 1.67. The maximum Gasteiger partial charge on any atom is 0.342 e. The third-order valence-electron chi connectivity index (χ3n) is 9.23. The van der Waals surface area contributed by atoms with Crippen LogP contribution in [0.3, 0.4) is 0 Å². The Kier molecular flexibility index (Phi) is 5.48. The Morgan fingerprint density at radius 1 is 1.20 bits per heavy atom. The minimum atomic E-state index is -1.30. The van der Waals surface area contributed by atoms with Crippen LogP contribution in [-0.2, 0) is 38.1 Å². The number of aliphatic hydroxyl groups excluding tert-OH is 1. The van der Waals surface area contributed by atoms with E-state index in [9.17, 15) is 19.5 Å². The van der Waals surface area contributed by atoms with Gasteiger partial charge in [-0.1, -0.05) is 19.4 Å². The molecule has 0 aromatic rings. The standard InChI is InChI=1S/C26H36O9/c1-7-8-19(28)32-15-10-9-13(2)11-18-26(25(6,35-26)22(30)33-18)21(29)20-23(15,4)16(31-14(3)27)12-17-24(20,5)34-17/h11,15-18,20-21,29H,7-10,12H2,1-6H3/b13-11-/t15-,16-,17-,18+,20+,21-,23-,24-,25-,26-/m0/s1. The number of aliphatic hydroxyl groups is 1. The van der Waals surface area contributed by atoms with E-state index in [1.165, 1.54) is 6.92 Å². The van der Waals surface area contributed by atoms with Crippen molar-refractivity contribution >= 4 is 17.9 Å². The molecular formula is C26H36O9. The van der Waals surface area contributed by atoms with Crippen molar-refractivity contribution in [3.05, 3.63) is 11.6 Å². The first kappa shape index (κ1) is 24.7. The normalized spacial score (nSPS) is 51.3. The van der Waals surface area contributed by atoms with E-state index in [-0.39, 0.29) is 18.5 Å². The van der Waals surface area contributed by atoms with Gasteiger partial charge >= 0.3 is 17.9 Å². The number of ether oxygens (including phenoxy) is 5. The van der Waals surface area contributed by atoms with Gasteiger partial charge in [0.25, 0.3) is 0 Å². The molecule has 0 bridgehead atoms. The van der Waals surface area contributed by atoms with E-state index < -0.39 is 64.5 Å². The predicted octanol–water partition coefficient (Wildman–Crippen LogP) is 2.37. The van der Waals surface area contributed by atoms with Gasteiger partial charge in [0.1, 0.15) is 12.2 Å². The number of hydrogen-bond acceptors (Lipinski definition) is 9. The molecule has 0 unspecified atom stereocenters. The fourth-order valence-electron chi connectivity index (χ4n) is 7.22. The Bertz CT molecular complexity index is 991. The molecule has 3 heterocycles. The number of allylic oxidation sites excluding steroid dienone is 1. The van der Waals surface area contributed by atoms with Gasteiger partial charge in [-0.2, -0.15) is 0 Å². The molecule has 9 heteroatoms. The summed E-state index contributed by atoms with van der Waals surface area (Å²) in [6.45, 7) is 10.7. The van der Waals surface area contributed by atoms with Crippen molar-refractivity contribution in [2.75, 3.05) is 0 Å². The first-order valence-electron chi connectivity index (χ1n) is 12.7. The highest BCUT2D eigenvalue weighted by Crippen LogP contribution is 2.68. The first-order chi connectivity index (χ1) is 16.3. The fourth-order valence-corrected chi connectivity index (χ4v) is 7.22.